The summed E-state index contributed by atoms with van der Waals surface area (Å²) in [6, 6.07) is 0. The summed E-state index contributed by atoms with van der Waals surface area (Å²) in [6.45, 7) is 6.34. The number of likely N-dealkylation sites (N-methyl/N-ethyl adjacent to an activating group) is 1. The summed E-state index contributed by atoms with van der Waals surface area (Å²) >= 11 is 0. The number of nitrogens with zero attached hydrogens (tertiary/aromatic N) is 2. The van der Waals surface area contributed by atoms with Crippen molar-refractivity contribution >= 4 is 41.5 Å². The summed E-state index contributed by atoms with van der Waals surface area (Å²) in [6.07, 6.45) is 1.74. The normalized spacial score (nSPS) is 9.59. The molecule has 3 N–H and O–H groups in total. The Labute approximate surface area is 196 Å². The molecule has 5 amide bonds. The fourth-order valence-electron chi connectivity index (χ4n) is 2.07. The highest BCUT2D eigenvalue weighted by Crippen LogP contribution is 1.95. The molecule has 0 heterocycles. The van der Waals surface area contributed by atoms with Gasteiger partial charge in [-0.2, -0.15) is 0 Å². The van der Waals surface area contributed by atoms with Crippen LogP contribution in [-0.2, 0) is 43.0 Å². The van der Waals surface area contributed by atoms with E-state index in [0.29, 0.717) is 6.54 Å². The molecule has 188 valence electrons. The number of hydrogen-bond acceptors (Lipinski definition) is 9. The summed E-state index contributed by atoms with van der Waals surface area (Å²) in [5.74, 6) is -4.97. The van der Waals surface area contributed by atoms with E-state index in [2.05, 4.69) is 29.1 Å². The molecule has 0 rings (SSSR count). The van der Waals surface area contributed by atoms with Crippen LogP contribution in [0.25, 0.3) is 0 Å². The fourth-order valence-corrected chi connectivity index (χ4v) is 2.07. The van der Waals surface area contributed by atoms with Crippen molar-refractivity contribution in [3.63, 3.8) is 0 Å². The van der Waals surface area contributed by atoms with Gasteiger partial charge in [0, 0.05) is 25.6 Å². The van der Waals surface area contributed by atoms with Crippen molar-refractivity contribution in [3.8, 4) is 0 Å². The van der Waals surface area contributed by atoms with Crippen LogP contribution in [-0.4, -0.2) is 97.5 Å². The van der Waals surface area contributed by atoms with Crippen LogP contribution >= 0.6 is 0 Å². The zero-order valence-corrected chi connectivity index (χ0v) is 19.1. The van der Waals surface area contributed by atoms with Crippen LogP contribution < -0.4 is 16.0 Å². The lowest BCUT2D eigenvalue weighted by Crippen LogP contribution is -2.49. The van der Waals surface area contributed by atoms with Crippen molar-refractivity contribution in [3.05, 3.63) is 25.3 Å². The van der Waals surface area contributed by atoms with Crippen molar-refractivity contribution < 1.29 is 43.0 Å². The Morgan fingerprint density at radius 3 is 1.53 bits per heavy atom. The minimum Gasteiger partial charge on any atom is -0.441 e. The van der Waals surface area contributed by atoms with Crippen LogP contribution in [0.2, 0.25) is 0 Å². The van der Waals surface area contributed by atoms with Gasteiger partial charge in [-0.3, -0.25) is 33.8 Å². The maximum absolute atomic E-state index is 12.4. The standard InChI is InChI=1S/C20H29N5O9/c1-5-19(31)33-12-24(10-15(27)21-7-3)18(30)9-23-16(28)11-25(13-34-20(32)6-2)17(29)8-22-14(4)26/h5-6H,1-2,7-13H2,3-4H3,(H,21,27)(H,22,26)(H,23,28). The van der Waals surface area contributed by atoms with Crippen LogP contribution in [0, 0.1) is 0 Å². The Balaban J connectivity index is 5.06. The van der Waals surface area contributed by atoms with E-state index in [0.717, 1.165) is 22.0 Å². The van der Waals surface area contributed by atoms with Gasteiger partial charge < -0.3 is 25.4 Å². The Hall–Kier alpha value is -4.23. The lowest BCUT2D eigenvalue weighted by molar-refractivity contribution is -0.151. The molecule has 0 aromatic heterocycles. The van der Waals surface area contributed by atoms with Gasteiger partial charge in [0.15, 0.2) is 13.5 Å². The van der Waals surface area contributed by atoms with E-state index < -0.39 is 81.1 Å². The van der Waals surface area contributed by atoms with E-state index >= 15 is 0 Å². The van der Waals surface area contributed by atoms with Crippen molar-refractivity contribution in [2.75, 3.05) is 46.2 Å². The molecule has 34 heavy (non-hydrogen) atoms. The van der Waals surface area contributed by atoms with Crippen LogP contribution in [0.5, 0.6) is 0 Å². The Morgan fingerprint density at radius 2 is 1.15 bits per heavy atom. The van der Waals surface area contributed by atoms with Crippen molar-refractivity contribution in [2.24, 2.45) is 0 Å². The number of carbonyl (C=O) groups is 7. The van der Waals surface area contributed by atoms with Gasteiger partial charge in [-0.1, -0.05) is 13.2 Å². The zero-order chi connectivity index (χ0) is 26.1. The molecule has 0 aliphatic rings. The smallest absolute Gasteiger partial charge is 0.331 e. The minimum atomic E-state index is -0.844. The zero-order valence-electron chi connectivity index (χ0n) is 19.1. The first-order valence-corrected chi connectivity index (χ1v) is 9.95. The number of rotatable bonds is 15. The van der Waals surface area contributed by atoms with E-state index in [-0.39, 0.29) is 0 Å². The van der Waals surface area contributed by atoms with Gasteiger partial charge in [0.2, 0.25) is 29.5 Å². The van der Waals surface area contributed by atoms with E-state index in [1.165, 1.54) is 6.92 Å². The second-order valence-corrected chi connectivity index (χ2v) is 6.42. The molecule has 0 unspecified atom stereocenters. The van der Waals surface area contributed by atoms with E-state index in [4.69, 9.17) is 9.47 Å². The number of ether oxygens (including phenoxy) is 2. The van der Waals surface area contributed by atoms with E-state index in [1.807, 2.05) is 0 Å². The van der Waals surface area contributed by atoms with Gasteiger partial charge in [0.1, 0.15) is 13.1 Å². The number of amides is 5. The molecular formula is C20H29N5O9. The molecule has 0 aromatic carbocycles. The molecule has 0 bridgehead atoms. The quantitative estimate of drug-likeness (QED) is 0.128. The molecule has 0 aromatic rings. The average Bonchev–Trinajstić information content (AvgIpc) is 2.80. The van der Waals surface area contributed by atoms with Gasteiger partial charge in [0.05, 0.1) is 13.1 Å². The van der Waals surface area contributed by atoms with Gasteiger partial charge >= 0.3 is 11.9 Å². The highest BCUT2D eigenvalue weighted by molar-refractivity contribution is 5.91. The number of hydrogen-bond donors (Lipinski definition) is 3. The third kappa shape index (κ3) is 13.2. The predicted molar refractivity (Wildman–Crippen MR) is 116 cm³/mol. The molecular weight excluding hydrogens is 454 g/mol. The maximum Gasteiger partial charge on any atom is 0.331 e. The van der Waals surface area contributed by atoms with E-state index in [1.54, 1.807) is 6.92 Å². The summed E-state index contributed by atoms with van der Waals surface area (Å²) in [7, 11) is 0. The monoisotopic (exact) mass is 483 g/mol. The number of esters is 2. The minimum absolute atomic E-state index is 0.308. The lowest BCUT2D eigenvalue weighted by atomic mass is 10.4. The molecule has 0 saturated heterocycles. The number of carbonyl (C=O) groups excluding carboxylic acids is 7. The van der Waals surface area contributed by atoms with E-state index in [9.17, 15) is 33.6 Å². The molecule has 0 radical (unpaired) electrons. The van der Waals surface area contributed by atoms with Crippen LogP contribution in [0.3, 0.4) is 0 Å². The highest BCUT2D eigenvalue weighted by Gasteiger charge is 2.22. The first-order valence-electron chi connectivity index (χ1n) is 9.95. The first-order chi connectivity index (χ1) is 16.0. The Kier molecular flexibility index (Phi) is 14.4. The molecule has 14 nitrogen and oxygen atoms in total. The van der Waals surface area contributed by atoms with Crippen molar-refractivity contribution in [1.82, 2.24) is 25.8 Å². The van der Waals surface area contributed by atoms with Gasteiger partial charge in [-0.15, -0.1) is 0 Å². The molecule has 0 aliphatic carbocycles. The number of nitrogens with one attached hydrogen (secondary N) is 3. The van der Waals surface area contributed by atoms with Crippen LogP contribution in [0.4, 0.5) is 0 Å². The third-order valence-electron chi connectivity index (χ3n) is 3.73. The van der Waals surface area contributed by atoms with Crippen LogP contribution in [0.1, 0.15) is 13.8 Å². The second kappa shape index (κ2) is 16.4. The predicted octanol–water partition coefficient (Wildman–Crippen LogP) is -2.59. The molecule has 0 aliphatic heterocycles. The Morgan fingerprint density at radius 1 is 0.735 bits per heavy atom. The molecule has 0 atom stereocenters. The molecule has 0 fully saturated rings. The van der Waals surface area contributed by atoms with Gasteiger partial charge in [0.25, 0.3) is 0 Å². The maximum atomic E-state index is 12.4. The summed E-state index contributed by atoms with van der Waals surface area (Å²) in [4.78, 5) is 84.0. The summed E-state index contributed by atoms with van der Waals surface area (Å²) in [5, 5.41) is 6.99. The topological polar surface area (TPSA) is 181 Å². The van der Waals surface area contributed by atoms with Gasteiger partial charge in [-0.05, 0) is 6.92 Å². The summed E-state index contributed by atoms with van der Waals surface area (Å²) in [5.41, 5.74) is 0. The molecule has 0 saturated carbocycles. The second-order valence-electron chi connectivity index (χ2n) is 6.42. The lowest BCUT2D eigenvalue weighted by Gasteiger charge is -2.23. The van der Waals surface area contributed by atoms with Crippen molar-refractivity contribution in [1.29, 1.82) is 0 Å². The van der Waals surface area contributed by atoms with Crippen molar-refractivity contribution in [2.45, 2.75) is 13.8 Å². The third-order valence-corrected chi connectivity index (χ3v) is 3.73. The van der Waals surface area contributed by atoms with Crippen LogP contribution in [0.15, 0.2) is 25.3 Å². The average molecular weight is 483 g/mol. The highest BCUT2D eigenvalue weighted by atomic mass is 16.5. The molecule has 14 heteroatoms. The fraction of sp³-hybridized carbons (Fsp3) is 0.450. The van der Waals surface area contributed by atoms with Gasteiger partial charge in [-0.25, -0.2) is 9.59 Å². The Bertz CT molecular complexity index is 812. The first kappa shape index (κ1) is 29.8. The summed E-state index contributed by atoms with van der Waals surface area (Å²) < 4.78 is 9.54. The SMILES string of the molecule is C=CC(=O)OCN(CC(=O)NCC(=O)N(COC(=O)C=C)CC(=O)NCC)C(=O)CNC(C)=O. The molecule has 0 spiro atoms. The largest absolute Gasteiger partial charge is 0.441 e.